The topological polar surface area (TPSA) is 60.9 Å². The van der Waals surface area contributed by atoms with Crippen molar-refractivity contribution in [1.82, 2.24) is 29.6 Å². The fraction of sp³-hybridized carbons (Fsp3) is 0.222. The Morgan fingerprint density at radius 1 is 1.00 bits per heavy atom. The first-order chi connectivity index (χ1) is 12.1. The van der Waals surface area contributed by atoms with Crippen molar-refractivity contribution in [2.75, 3.05) is 0 Å². The van der Waals surface area contributed by atoms with E-state index >= 15 is 0 Å². The lowest BCUT2D eigenvalue weighted by Crippen LogP contribution is -2.04. The molecule has 0 aliphatic rings. The van der Waals surface area contributed by atoms with Gasteiger partial charge in [0.05, 0.1) is 11.4 Å². The molecule has 4 aromatic rings. The Morgan fingerprint density at radius 3 is 2.52 bits per heavy atom. The highest BCUT2D eigenvalue weighted by Gasteiger charge is 2.14. The average Bonchev–Trinajstić information content (AvgIpc) is 3.20. The van der Waals surface area contributed by atoms with Crippen molar-refractivity contribution in [2.45, 2.75) is 31.7 Å². The molecule has 126 valence electrons. The van der Waals surface area contributed by atoms with E-state index in [0.717, 1.165) is 33.3 Å². The van der Waals surface area contributed by atoms with Crippen LogP contribution in [0.25, 0.3) is 11.3 Å². The summed E-state index contributed by atoms with van der Waals surface area (Å²) < 4.78 is 3.87. The van der Waals surface area contributed by atoms with Gasteiger partial charge in [-0.05, 0) is 54.0 Å². The third kappa shape index (κ3) is 2.91. The molecule has 3 heterocycles. The van der Waals surface area contributed by atoms with E-state index in [1.165, 1.54) is 5.56 Å². The van der Waals surface area contributed by atoms with Gasteiger partial charge >= 0.3 is 0 Å². The number of para-hydroxylation sites is 1. The highest BCUT2D eigenvalue weighted by molar-refractivity contribution is 7.98. The average molecular weight is 350 g/mol. The van der Waals surface area contributed by atoms with Crippen molar-refractivity contribution in [1.29, 1.82) is 0 Å². The molecule has 0 aliphatic heterocycles. The van der Waals surface area contributed by atoms with Crippen molar-refractivity contribution in [3.8, 4) is 5.69 Å². The molecule has 7 heteroatoms. The van der Waals surface area contributed by atoms with Gasteiger partial charge < -0.3 is 4.40 Å². The van der Waals surface area contributed by atoms with E-state index in [4.69, 9.17) is 4.98 Å². The molecule has 0 N–H and O–H groups in total. The fourth-order valence-corrected chi connectivity index (χ4v) is 3.72. The van der Waals surface area contributed by atoms with E-state index in [1.54, 1.807) is 11.8 Å². The molecular formula is C18H18N6S. The molecule has 25 heavy (non-hydrogen) atoms. The molecule has 4 rings (SSSR count). The van der Waals surface area contributed by atoms with E-state index in [-0.39, 0.29) is 0 Å². The van der Waals surface area contributed by atoms with Gasteiger partial charge in [0.15, 0.2) is 0 Å². The van der Waals surface area contributed by atoms with Crippen molar-refractivity contribution in [3.05, 3.63) is 65.1 Å². The minimum Gasteiger partial charge on any atom is -0.307 e. The molecule has 3 aromatic heterocycles. The summed E-state index contributed by atoms with van der Waals surface area (Å²) in [7, 11) is 0. The maximum absolute atomic E-state index is 4.71. The molecule has 0 unspecified atom stereocenters. The SMILES string of the molecule is Cc1cccc(C)c1-n1nnnc1SCc1cn2cccc(C)c2n1. The van der Waals surface area contributed by atoms with E-state index in [1.807, 2.05) is 23.0 Å². The van der Waals surface area contributed by atoms with Crippen LogP contribution in [0.3, 0.4) is 0 Å². The van der Waals surface area contributed by atoms with Crippen LogP contribution in [0.15, 0.2) is 47.9 Å². The second kappa shape index (κ2) is 6.33. The van der Waals surface area contributed by atoms with Crippen LogP contribution in [0.2, 0.25) is 0 Å². The number of aryl methyl sites for hydroxylation is 3. The van der Waals surface area contributed by atoms with E-state index in [2.05, 4.69) is 65.1 Å². The van der Waals surface area contributed by atoms with E-state index in [9.17, 15) is 0 Å². The maximum Gasteiger partial charge on any atom is 0.214 e. The summed E-state index contributed by atoms with van der Waals surface area (Å²) in [5.74, 6) is 0.715. The number of imidazole rings is 1. The van der Waals surface area contributed by atoms with Gasteiger partial charge in [-0.2, -0.15) is 4.68 Å². The van der Waals surface area contributed by atoms with Crippen LogP contribution in [0.1, 0.15) is 22.4 Å². The normalized spacial score (nSPS) is 11.3. The number of rotatable bonds is 4. The van der Waals surface area contributed by atoms with Crippen LogP contribution in [-0.4, -0.2) is 29.6 Å². The fourth-order valence-electron chi connectivity index (χ4n) is 2.96. The minimum atomic E-state index is 0.715. The number of benzene rings is 1. The predicted molar refractivity (Wildman–Crippen MR) is 98.1 cm³/mol. The first-order valence-electron chi connectivity index (χ1n) is 8.04. The summed E-state index contributed by atoms with van der Waals surface area (Å²) in [5, 5.41) is 13.0. The second-order valence-corrected chi connectivity index (χ2v) is 7.00. The zero-order valence-electron chi connectivity index (χ0n) is 14.3. The van der Waals surface area contributed by atoms with Crippen molar-refractivity contribution in [2.24, 2.45) is 0 Å². The number of aromatic nitrogens is 6. The van der Waals surface area contributed by atoms with Gasteiger partial charge in [0.2, 0.25) is 5.16 Å². The Hall–Kier alpha value is -2.67. The highest BCUT2D eigenvalue weighted by atomic mass is 32.2. The molecule has 0 saturated heterocycles. The van der Waals surface area contributed by atoms with Crippen molar-refractivity contribution < 1.29 is 0 Å². The quantitative estimate of drug-likeness (QED) is 0.527. The number of pyridine rings is 1. The molecule has 0 aliphatic carbocycles. The summed E-state index contributed by atoms with van der Waals surface area (Å²) >= 11 is 1.59. The number of hydrogen-bond acceptors (Lipinski definition) is 5. The van der Waals surface area contributed by atoms with Crippen molar-refractivity contribution in [3.63, 3.8) is 0 Å². The zero-order valence-corrected chi connectivity index (χ0v) is 15.2. The number of hydrogen-bond donors (Lipinski definition) is 0. The summed E-state index contributed by atoms with van der Waals surface area (Å²) in [6.07, 6.45) is 4.08. The van der Waals surface area contributed by atoms with E-state index < -0.39 is 0 Å². The van der Waals surface area contributed by atoms with Crippen LogP contribution in [-0.2, 0) is 5.75 Å². The number of thioether (sulfide) groups is 1. The monoisotopic (exact) mass is 350 g/mol. The second-order valence-electron chi connectivity index (χ2n) is 6.06. The first kappa shape index (κ1) is 15.8. The van der Waals surface area contributed by atoms with Gasteiger partial charge in [0.25, 0.3) is 0 Å². The molecule has 0 atom stereocenters. The molecule has 0 saturated carbocycles. The molecule has 0 radical (unpaired) electrons. The molecular weight excluding hydrogens is 332 g/mol. The first-order valence-corrected chi connectivity index (χ1v) is 9.03. The molecule has 6 nitrogen and oxygen atoms in total. The van der Waals surface area contributed by atoms with Gasteiger partial charge in [-0.1, -0.05) is 36.0 Å². The number of tetrazole rings is 1. The lowest BCUT2D eigenvalue weighted by molar-refractivity contribution is 0.747. The number of fused-ring (bicyclic) bond motifs is 1. The third-order valence-corrected chi connectivity index (χ3v) is 5.12. The third-order valence-electron chi connectivity index (χ3n) is 4.17. The highest BCUT2D eigenvalue weighted by Crippen LogP contribution is 2.25. The summed E-state index contributed by atoms with van der Waals surface area (Å²) in [6.45, 7) is 6.22. The Morgan fingerprint density at radius 2 is 1.76 bits per heavy atom. The lowest BCUT2D eigenvalue weighted by Gasteiger charge is -2.10. The molecule has 0 spiro atoms. The van der Waals surface area contributed by atoms with Crippen LogP contribution in [0, 0.1) is 20.8 Å². The maximum atomic E-state index is 4.71. The molecule has 0 bridgehead atoms. The Balaban J connectivity index is 1.62. The van der Waals surface area contributed by atoms with Crippen LogP contribution < -0.4 is 0 Å². The molecule has 0 fully saturated rings. The zero-order chi connectivity index (χ0) is 17.4. The largest absolute Gasteiger partial charge is 0.307 e. The van der Waals surface area contributed by atoms with Gasteiger partial charge in [-0.3, -0.25) is 0 Å². The van der Waals surface area contributed by atoms with Gasteiger partial charge in [-0.25, -0.2) is 4.98 Å². The summed E-state index contributed by atoms with van der Waals surface area (Å²) in [6, 6.07) is 10.3. The lowest BCUT2D eigenvalue weighted by atomic mass is 10.1. The van der Waals surface area contributed by atoms with Crippen LogP contribution in [0.4, 0.5) is 0 Å². The molecule has 1 aromatic carbocycles. The summed E-state index contributed by atoms with van der Waals surface area (Å²) in [4.78, 5) is 4.71. The predicted octanol–water partition coefficient (Wildman–Crippen LogP) is 3.53. The van der Waals surface area contributed by atoms with E-state index in [0.29, 0.717) is 5.75 Å². The smallest absolute Gasteiger partial charge is 0.214 e. The van der Waals surface area contributed by atoms with Gasteiger partial charge in [0, 0.05) is 18.1 Å². The van der Waals surface area contributed by atoms with Gasteiger partial charge in [0.1, 0.15) is 5.65 Å². The molecule has 0 amide bonds. The Bertz CT molecular complexity index is 1030. The Labute approximate surface area is 149 Å². The van der Waals surface area contributed by atoms with Gasteiger partial charge in [-0.15, -0.1) is 5.10 Å². The number of nitrogens with zero attached hydrogens (tertiary/aromatic N) is 6. The van der Waals surface area contributed by atoms with Crippen molar-refractivity contribution >= 4 is 17.4 Å². The Kier molecular flexibility index (Phi) is 4.01. The summed E-state index contributed by atoms with van der Waals surface area (Å²) in [5.41, 5.74) is 6.51. The minimum absolute atomic E-state index is 0.715. The standard InChI is InChI=1S/C18H18N6S/c1-12-6-4-7-13(2)16(12)24-18(20-21-22-24)25-11-15-10-23-9-5-8-14(3)17(23)19-15/h4-10H,11H2,1-3H3. The van der Waals surface area contributed by atoms with Crippen LogP contribution in [0.5, 0.6) is 0 Å². The van der Waals surface area contributed by atoms with Crippen LogP contribution >= 0.6 is 11.8 Å².